The molecule has 0 aliphatic rings. The lowest BCUT2D eigenvalue weighted by atomic mass is 10.0. The summed E-state index contributed by atoms with van der Waals surface area (Å²) < 4.78 is 14.6. The highest BCUT2D eigenvalue weighted by atomic mass is 32.1. The highest BCUT2D eigenvalue weighted by Gasteiger charge is 2.29. The number of para-hydroxylation sites is 1. The van der Waals surface area contributed by atoms with Gasteiger partial charge in [0.25, 0.3) is 0 Å². The smallest absolute Gasteiger partial charge is 0.160 e. The monoisotopic (exact) mass is 1610 g/mol. The summed E-state index contributed by atoms with van der Waals surface area (Å²) in [6, 6.07) is 109. The van der Waals surface area contributed by atoms with E-state index < -0.39 is 0 Å². The molecular weight excluding hydrogens is 1550 g/mol. The first kappa shape index (κ1) is 68.4. The Labute approximate surface area is 704 Å². The zero-order valence-corrected chi connectivity index (χ0v) is 67.1. The van der Waals surface area contributed by atoms with E-state index in [0.29, 0.717) is 5.82 Å². The Bertz CT molecular complexity index is 9290. The zero-order valence-electron chi connectivity index (χ0n) is 64.6. The van der Waals surface area contributed by atoms with Gasteiger partial charge in [0, 0.05) is 188 Å². The molecule has 566 valence electrons. The van der Waals surface area contributed by atoms with Crippen LogP contribution >= 0.6 is 34.0 Å². The molecule has 28 aromatic rings. The van der Waals surface area contributed by atoms with Gasteiger partial charge in [-0.1, -0.05) is 194 Å². The van der Waals surface area contributed by atoms with Crippen molar-refractivity contribution in [1.82, 2.24) is 63.5 Å². The first-order valence-electron chi connectivity index (χ1n) is 40.5. The summed E-state index contributed by atoms with van der Waals surface area (Å²) in [4.78, 5) is 49.3. The number of thiophene rings is 3. The topological polar surface area (TPSA) is 144 Å². The molecule has 16 heteroatoms. The van der Waals surface area contributed by atoms with Gasteiger partial charge in [0.05, 0.1) is 98.0 Å². The minimum atomic E-state index is 0.714. The maximum atomic E-state index is 5.35. The van der Waals surface area contributed by atoms with Crippen LogP contribution in [0.25, 0.3) is 253 Å². The third kappa shape index (κ3) is 10.1. The Kier molecular flexibility index (Phi) is 15.1. The van der Waals surface area contributed by atoms with E-state index in [-0.39, 0.29) is 0 Å². The lowest BCUT2D eigenvalue weighted by Gasteiger charge is -2.14. The molecule has 0 aliphatic carbocycles. The van der Waals surface area contributed by atoms with E-state index in [1.807, 2.05) is 116 Å². The maximum absolute atomic E-state index is 5.35. The lowest BCUT2D eigenvalue weighted by molar-refractivity contribution is 1.11. The zero-order chi connectivity index (χ0) is 79.8. The molecule has 15 aromatic heterocycles. The van der Waals surface area contributed by atoms with E-state index in [4.69, 9.17) is 39.9 Å². The molecule has 0 N–H and O–H groups in total. The van der Waals surface area contributed by atoms with Crippen molar-refractivity contribution in [2.45, 2.75) is 0 Å². The van der Waals surface area contributed by atoms with Gasteiger partial charge in [-0.25, -0.2) is 15.0 Å². The molecule has 0 bridgehead atoms. The van der Waals surface area contributed by atoms with Crippen LogP contribution in [0.15, 0.2) is 359 Å². The lowest BCUT2D eigenvalue weighted by Crippen LogP contribution is -1.99. The van der Waals surface area contributed by atoms with Crippen molar-refractivity contribution in [2.24, 2.45) is 0 Å². The number of nitrogens with zero attached hydrogens (tertiary/aromatic N) is 13. The van der Waals surface area contributed by atoms with Crippen LogP contribution < -0.4 is 0 Å². The van der Waals surface area contributed by atoms with Gasteiger partial charge >= 0.3 is 0 Å². The van der Waals surface area contributed by atoms with Crippen molar-refractivity contribution in [2.75, 3.05) is 0 Å². The minimum absolute atomic E-state index is 0.714. The summed E-state index contributed by atoms with van der Waals surface area (Å²) in [5.74, 6) is 1.64. The van der Waals surface area contributed by atoms with Crippen LogP contribution in [0.2, 0.25) is 0 Å². The fourth-order valence-corrected chi connectivity index (χ4v) is 22.8. The fourth-order valence-electron chi connectivity index (χ4n) is 19.1. The first-order valence-corrected chi connectivity index (χ1v) is 42.9. The van der Waals surface area contributed by atoms with Gasteiger partial charge in [0.2, 0.25) is 0 Å². The fraction of sp³-hybridized carbons (Fsp3) is 0. The van der Waals surface area contributed by atoms with E-state index in [9.17, 15) is 0 Å². The van der Waals surface area contributed by atoms with Crippen LogP contribution in [0.5, 0.6) is 0 Å². The molecule has 0 saturated heterocycles. The van der Waals surface area contributed by atoms with Gasteiger partial charge in [0.1, 0.15) is 5.82 Å². The van der Waals surface area contributed by atoms with Crippen LogP contribution in [0.1, 0.15) is 0 Å². The number of benzene rings is 13. The second-order valence-corrected chi connectivity index (χ2v) is 33.9. The van der Waals surface area contributed by atoms with Crippen molar-refractivity contribution >= 4 is 247 Å². The van der Waals surface area contributed by atoms with Gasteiger partial charge in [-0.05, 0) is 121 Å². The van der Waals surface area contributed by atoms with Crippen molar-refractivity contribution in [3.05, 3.63) is 359 Å². The molecule has 0 aliphatic heterocycles. The Morgan fingerprint density at radius 3 is 1.44 bits per heavy atom. The second-order valence-electron chi connectivity index (χ2n) is 30.8. The van der Waals surface area contributed by atoms with E-state index in [1.54, 1.807) is 22.7 Å². The summed E-state index contributed by atoms with van der Waals surface area (Å²) in [7, 11) is 0. The van der Waals surface area contributed by atoms with Gasteiger partial charge in [-0.2, -0.15) is 0 Å². The highest BCUT2D eigenvalue weighted by molar-refractivity contribution is 7.28. The Morgan fingerprint density at radius 1 is 0.246 bits per heavy atom. The third-order valence-corrected chi connectivity index (χ3v) is 27.8. The second kappa shape index (κ2) is 26.9. The van der Waals surface area contributed by atoms with E-state index in [2.05, 4.69) is 278 Å². The Balaban J connectivity index is 0.0000000990. The molecule has 15 heterocycles. The van der Waals surface area contributed by atoms with E-state index in [1.165, 1.54) is 98.4 Å². The molecule has 122 heavy (non-hydrogen) atoms. The van der Waals surface area contributed by atoms with Crippen molar-refractivity contribution in [3.8, 4) is 39.8 Å². The highest BCUT2D eigenvalue weighted by Crippen LogP contribution is 2.52. The average molecular weight is 1610 g/mol. The molecule has 0 atom stereocenters. The van der Waals surface area contributed by atoms with E-state index >= 15 is 0 Å². The number of rotatable bonds is 5. The predicted molar refractivity (Wildman–Crippen MR) is 510 cm³/mol. The molecule has 0 radical (unpaired) electrons. The molecule has 0 saturated carbocycles. The largest absolute Gasteiger partial charge is 0.307 e. The van der Waals surface area contributed by atoms with Crippen molar-refractivity contribution in [1.29, 1.82) is 0 Å². The molecule has 0 fully saturated rings. The van der Waals surface area contributed by atoms with Gasteiger partial charge in [0.15, 0.2) is 5.82 Å². The number of aromatic nitrogens is 13. The average Bonchev–Trinajstić information content (AvgIpc) is 1.54. The number of hydrogen-bond acceptors (Lipinski definition) is 13. The van der Waals surface area contributed by atoms with Crippen LogP contribution in [0.4, 0.5) is 0 Å². The van der Waals surface area contributed by atoms with E-state index in [0.717, 1.165) is 149 Å². The SMILES string of the molecule is c1ccc(-c2nc(-c3ccccc3)c3cc(-n4c5cccnc5c5c6cccnc6c6sc7ccccc7c6c54)ccc3n2)cc1.c1ccc2c(c1)ccc1ccc(-n3c4ccccc4c4c5cnccc5c5sc6ccccc6c5c43)nc12.c1cnc2c(c1)ccc1c(-n3c4cccnc4c4c5cccnc5c5sc6ccccc6c5c43)ccnc12. The minimum Gasteiger partial charge on any atom is -0.307 e. The van der Waals surface area contributed by atoms with Gasteiger partial charge < -0.3 is 9.13 Å². The summed E-state index contributed by atoms with van der Waals surface area (Å²) in [6.45, 7) is 0. The summed E-state index contributed by atoms with van der Waals surface area (Å²) >= 11 is 5.47. The molecule has 0 amide bonds. The summed E-state index contributed by atoms with van der Waals surface area (Å²) in [5, 5.41) is 23.5. The van der Waals surface area contributed by atoms with Crippen molar-refractivity contribution < 1.29 is 0 Å². The quantitative estimate of drug-likeness (QED) is 0.153. The Hall–Kier alpha value is -15.7. The van der Waals surface area contributed by atoms with Crippen LogP contribution in [-0.2, 0) is 0 Å². The van der Waals surface area contributed by atoms with Gasteiger partial charge in [-0.3, -0.25) is 39.5 Å². The predicted octanol–water partition coefficient (Wildman–Crippen LogP) is 28.0. The Morgan fingerprint density at radius 2 is 0.746 bits per heavy atom. The van der Waals surface area contributed by atoms with Crippen LogP contribution in [-0.4, -0.2) is 63.5 Å². The maximum Gasteiger partial charge on any atom is 0.160 e. The molecule has 0 spiro atoms. The number of fused-ring (bicyclic) bond motifs is 37. The first-order chi connectivity index (χ1) is 60.6. The molecular formula is C106H59N13S3. The summed E-state index contributed by atoms with van der Waals surface area (Å²) in [6.07, 6.45) is 15.2. The third-order valence-electron chi connectivity index (χ3n) is 24.3. The van der Waals surface area contributed by atoms with Crippen LogP contribution in [0.3, 0.4) is 0 Å². The summed E-state index contributed by atoms with van der Waals surface area (Å²) in [5.41, 5.74) is 19.5. The van der Waals surface area contributed by atoms with Gasteiger partial charge in [-0.15, -0.1) is 34.0 Å². The standard InChI is InChI=1S/C40H23N5S.C34H19N3S.C32H17N5S/c1-3-11-24(12-4-1)35-29-23-26(19-20-30(29)43-40(44-35)25-13-5-2-6-14-25)45-31-17-10-22-42-37(31)33-28-16-9-21-41-36(28)39-34(38(33)45)27-15-7-8-18-32(27)46-39;1-2-8-22-20(7-1)13-14-21-15-16-29(36-32(21)22)37-27-11-5-3-9-24(27)30-26-19-35-18-17-23(26)34-31(33(30)37)25-10-4-6-12-28(25)38-34;1-2-10-24-20(7-1)26-31-25(21-8-4-15-34-29(21)32(26)38-24)30-23(9-5-16-35-30)37(31)22-13-17-36-28-19(22)12-11-18-6-3-14-33-27(18)28/h1-23H;1-19H;1-17H. The molecule has 13 aromatic carbocycles. The molecule has 13 nitrogen and oxygen atoms in total. The van der Waals surface area contributed by atoms with Crippen LogP contribution in [0, 0.1) is 0 Å². The normalized spacial score (nSPS) is 12.1. The van der Waals surface area contributed by atoms with Crippen molar-refractivity contribution in [3.63, 3.8) is 0 Å². The molecule has 28 rings (SSSR count). The number of pyridine rings is 8. The number of hydrogen-bond donors (Lipinski definition) is 0. The molecule has 0 unspecified atom stereocenters.